The molecule has 1 heterocycles. The monoisotopic (exact) mass is 473 g/mol. The lowest BCUT2D eigenvalue weighted by Gasteiger charge is -2.23. The summed E-state index contributed by atoms with van der Waals surface area (Å²) in [5.41, 5.74) is 0.691. The largest absolute Gasteiger partial charge is 0.494 e. The number of rotatable bonds is 10. The SMILES string of the molecule is CCOc1ccc(NS(=O)(=O)c2cccc(C(=O)NCC(c3cccs3)N(C)C)c2)cc1. The summed E-state index contributed by atoms with van der Waals surface area (Å²) in [6.07, 6.45) is 0. The standard InChI is InChI=1S/C23H27N3O4S2/c1-4-30-19-12-10-18(11-13-19)25-32(28,29)20-8-5-7-17(15-20)23(27)24-16-21(26(2)3)22-9-6-14-31-22/h5-15,21,25H,4,16H2,1-3H3,(H,24,27). The van der Waals surface area contributed by atoms with Crippen LogP contribution in [0.5, 0.6) is 5.75 Å². The molecule has 0 spiro atoms. The van der Waals surface area contributed by atoms with E-state index in [0.717, 1.165) is 4.88 Å². The third-order valence-electron chi connectivity index (χ3n) is 4.77. The normalized spacial score (nSPS) is 12.4. The highest BCUT2D eigenvalue weighted by Gasteiger charge is 2.19. The first kappa shape index (κ1) is 23.8. The molecule has 0 aliphatic heterocycles. The van der Waals surface area contributed by atoms with Crippen LogP contribution in [0.15, 0.2) is 70.9 Å². The minimum Gasteiger partial charge on any atom is -0.494 e. The van der Waals surface area contributed by atoms with Gasteiger partial charge in [-0.15, -0.1) is 11.3 Å². The maximum Gasteiger partial charge on any atom is 0.261 e. The van der Waals surface area contributed by atoms with Gasteiger partial charge in [0.25, 0.3) is 15.9 Å². The molecule has 0 aliphatic rings. The van der Waals surface area contributed by atoms with Gasteiger partial charge < -0.3 is 15.0 Å². The molecule has 0 aliphatic carbocycles. The second-order valence-electron chi connectivity index (χ2n) is 7.30. The maximum absolute atomic E-state index is 12.8. The number of likely N-dealkylation sites (N-methyl/N-ethyl adjacent to an activating group) is 1. The van der Waals surface area contributed by atoms with Gasteiger partial charge in [-0.25, -0.2) is 8.42 Å². The Labute approximate surface area is 193 Å². The van der Waals surface area contributed by atoms with Crippen LogP contribution in [0.3, 0.4) is 0 Å². The van der Waals surface area contributed by atoms with Crippen molar-refractivity contribution >= 4 is 33.0 Å². The molecule has 1 amide bonds. The van der Waals surface area contributed by atoms with Crippen LogP contribution < -0.4 is 14.8 Å². The van der Waals surface area contributed by atoms with Crippen LogP contribution in [-0.4, -0.2) is 46.5 Å². The molecule has 1 unspecified atom stereocenters. The van der Waals surface area contributed by atoms with E-state index in [1.807, 2.05) is 43.4 Å². The third kappa shape index (κ3) is 6.09. The Morgan fingerprint density at radius 2 is 1.84 bits per heavy atom. The molecule has 0 saturated heterocycles. The average Bonchev–Trinajstić information content (AvgIpc) is 3.29. The summed E-state index contributed by atoms with van der Waals surface area (Å²) >= 11 is 1.63. The van der Waals surface area contributed by atoms with Gasteiger partial charge in [-0.3, -0.25) is 9.52 Å². The van der Waals surface area contributed by atoms with Crippen molar-refractivity contribution in [2.75, 3.05) is 32.0 Å². The molecule has 0 saturated carbocycles. The van der Waals surface area contributed by atoms with Crippen LogP contribution in [-0.2, 0) is 10.0 Å². The molecule has 170 valence electrons. The Hall–Kier alpha value is -2.88. The fourth-order valence-corrected chi connectivity index (χ4v) is 5.14. The van der Waals surface area contributed by atoms with Crippen molar-refractivity contribution < 1.29 is 17.9 Å². The summed E-state index contributed by atoms with van der Waals surface area (Å²) < 4.78 is 33.5. The molecule has 2 N–H and O–H groups in total. The minimum absolute atomic E-state index is 0.0152. The van der Waals surface area contributed by atoms with Crippen molar-refractivity contribution in [3.63, 3.8) is 0 Å². The fraction of sp³-hybridized carbons (Fsp3) is 0.261. The molecular weight excluding hydrogens is 446 g/mol. The van der Waals surface area contributed by atoms with Crippen molar-refractivity contribution in [2.45, 2.75) is 17.9 Å². The Morgan fingerprint density at radius 1 is 1.09 bits per heavy atom. The van der Waals surface area contributed by atoms with Gasteiger partial charge in [0, 0.05) is 22.7 Å². The second-order valence-corrected chi connectivity index (χ2v) is 9.96. The van der Waals surface area contributed by atoms with Gasteiger partial charge >= 0.3 is 0 Å². The van der Waals surface area contributed by atoms with E-state index in [0.29, 0.717) is 24.6 Å². The topological polar surface area (TPSA) is 87.7 Å². The second kappa shape index (κ2) is 10.6. The quantitative estimate of drug-likeness (QED) is 0.465. The van der Waals surface area contributed by atoms with E-state index in [4.69, 9.17) is 4.74 Å². The van der Waals surface area contributed by atoms with Crippen LogP contribution >= 0.6 is 11.3 Å². The van der Waals surface area contributed by atoms with E-state index in [9.17, 15) is 13.2 Å². The summed E-state index contributed by atoms with van der Waals surface area (Å²) in [6.45, 7) is 2.82. The third-order valence-corrected chi connectivity index (χ3v) is 7.13. The lowest BCUT2D eigenvalue weighted by Crippen LogP contribution is -2.34. The highest BCUT2D eigenvalue weighted by Crippen LogP contribution is 2.23. The van der Waals surface area contributed by atoms with Crippen LogP contribution in [0.4, 0.5) is 5.69 Å². The number of sulfonamides is 1. The van der Waals surface area contributed by atoms with Crippen molar-refractivity contribution in [1.82, 2.24) is 10.2 Å². The minimum atomic E-state index is -3.85. The van der Waals surface area contributed by atoms with Crippen molar-refractivity contribution in [2.24, 2.45) is 0 Å². The Morgan fingerprint density at radius 3 is 2.47 bits per heavy atom. The number of ether oxygens (including phenoxy) is 1. The van der Waals surface area contributed by atoms with Gasteiger partial charge in [-0.05, 0) is 74.9 Å². The first-order valence-corrected chi connectivity index (χ1v) is 12.5. The molecule has 1 atom stereocenters. The van der Waals surface area contributed by atoms with E-state index < -0.39 is 10.0 Å². The summed E-state index contributed by atoms with van der Waals surface area (Å²) in [6, 6.07) is 16.7. The number of benzene rings is 2. The number of nitrogens with zero attached hydrogens (tertiary/aromatic N) is 1. The zero-order chi connectivity index (χ0) is 23.1. The number of hydrogen-bond acceptors (Lipinski definition) is 6. The number of nitrogens with one attached hydrogen (secondary N) is 2. The van der Waals surface area contributed by atoms with E-state index >= 15 is 0 Å². The van der Waals surface area contributed by atoms with Crippen molar-refractivity contribution in [1.29, 1.82) is 0 Å². The number of thiophene rings is 1. The molecule has 3 rings (SSSR count). The molecule has 32 heavy (non-hydrogen) atoms. The summed E-state index contributed by atoms with van der Waals surface area (Å²) in [5, 5.41) is 4.91. The number of carbonyl (C=O) groups excluding carboxylic acids is 1. The Kier molecular flexibility index (Phi) is 7.89. The molecular formula is C23H27N3O4S2. The first-order valence-electron chi connectivity index (χ1n) is 10.1. The lowest BCUT2D eigenvalue weighted by atomic mass is 10.2. The molecule has 2 aromatic carbocycles. The van der Waals surface area contributed by atoms with E-state index in [-0.39, 0.29) is 22.4 Å². The number of hydrogen-bond donors (Lipinski definition) is 2. The first-order chi connectivity index (χ1) is 15.3. The van der Waals surface area contributed by atoms with Gasteiger partial charge in [0.15, 0.2) is 0 Å². The van der Waals surface area contributed by atoms with Gasteiger partial charge in [-0.1, -0.05) is 12.1 Å². The fourth-order valence-electron chi connectivity index (χ4n) is 3.11. The molecule has 3 aromatic rings. The molecule has 9 heteroatoms. The highest BCUT2D eigenvalue weighted by atomic mass is 32.2. The van der Waals surface area contributed by atoms with E-state index in [2.05, 4.69) is 10.0 Å². The molecule has 1 aromatic heterocycles. The maximum atomic E-state index is 12.8. The van der Waals surface area contributed by atoms with Crippen molar-refractivity contribution in [3.8, 4) is 5.75 Å². The van der Waals surface area contributed by atoms with Gasteiger partial charge in [0.1, 0.15) is 5.75 Å². The predicted octanol–water partition coefficient (Wildman–Crippen LogP) is 3.98. The highest BCUT2D eigenvalue weighted by molar-refractivity contribution is 7.92. The zero-order valence-electron chi connectivity index (χ0n) is 18.2. The average molecular weight is 474 g/mol. The van der Waals surface area contributed by atoms with Gasteiger partial charge in [0.05, 0.1) is 17.5 Å². The van der Waals surface area contributed by atoms with Crippen LogP contribution in [0.1, 0.15) is 28.2 Å². The van der Waals surface area contributed by atoms with Crippen LogP contribution in [0, 0.1) is 0 Å². The predicted molar refractivity (Wildman–Crippen MR) is 128 cm³/mol. The van der Waals surface area contributed by atoms with Crippen LogP contribution in [0.25, 0.3) is 0 Å². The zero-order valence-corrected chi connectivity index (χ0v) is 19.9. The Bertz CT molecular complexity index is 1130. The number of anilines is 1. The molecule has 0 radical (unpaired) electrons. The summed E-state index contributed by atoms with van der Waals surface area (Å²) in [7, 11) is 0.0573. The van der Waals surface area contributed by atoms with Crippen molar-refractivity contribution in [3.05, 3.63) is 76.5 Å². The number of amides is 1. The lowest BCUT2D eigenvalue weighted by molar-refractivity contribution is 0.0942. The molecule has 0 fully saturated rings. The smallest absolute Gasteiger partial charge is 0.261 e. The molecule has 0 bridgehead atoms. The molecule has 7 nitrogen and oxygen atoms in total. The van der Waals surface area contributed by atoms with E-state index in [1.54, 1.807) is 47.7 Å². The van der Waals surface area contributed by atoms with Gasteiger partial charge in [0.2, 0.25) is 0 Å². The van der Waals surface area contributed by atoms with Crippen LogP contribution in [0.2, 0.25) is 0 Å². The Balaban J connectivity index is 1.70. The van der Waals surface area contributed by atoms with Gasteiger partial charge in [-0.2, -0.15) is 0 Å². The summed E-state index contributed by atoms with van der Waals surface area (Å²) in [5.74, 6) is 0.333. The number of carbonyl (C=O) groups is 1. The summed E-state index contributed by atoms with van der Waals surface area (Å²) in [4.78, 5) is 15.9. The van der Waals surface area contributed by atoms with E-state index in [1.165, 1.54) is 12.1 Å².